The summed E-state index contributed by atoms with van der Waals surface area (Å²) in [5.74, 6) is -0.0947. The molecule has 1 aliphatic rings. The van der Waals surface area contributed by atoms with Gasteiger partial charge in [-0.1, -0.05) is 23.8 Å². The van der Waals surface area contributed by atoms with E-state index >= 15 is 0 Å². The van der Waals surface area contributed by atoms with E-state index in [0.29, 0.717) is 12.0 Å². The molecule has 1 aliphatic carbocycles. The molecule has 98 valence electrons. The molecule has 1 heterocycles. The van der Waals surface area contributed by atoms with Gasteiger partial charge in [0.15, 0.2) is 0 Å². The molecule has 0 unspecified atom stereocenters. The summed E-state index contributed by atoms with van der Waals surface area (Å²) in [6, 6.07) is 3.33. The minimum atomic E-state index is -0.468. The minimum absolute atomic E-state index is 0.0947. The monoisotopic (exact) mass is 277 g/mol. The first-order chi connectivity index (χ1) is 9.04. The van der Waals surface area contributed by atoms with Gasteiger partial charge in [-0.15, -0.1) is 0 Å². The number of allylic oxidation sites excluding steroid dienone is 4. The molecule has 5 nitrogen and oxygen atoms in total. The lowest BCUT2D eigenvalue weighted by molar-refractivity contribution is 0.484. The molecular formula is C13H12ClN3O2. The molecule has 0 bridgehead atoms. The van der Waals surface area contributed by atoms with Crippen LogP contribution in [0.15, 0.2) is 39.5 Å². The summed E-state index contributed by atoms with van der Waals surface area (Å²) in [5.41, 5.74) is -0.297. The van der Waals surface area contributed by atoms with Crippen molar-refractivity contribution < 1.29 is 0 Å². The van der Waals surface area contributed by atoms with Crippen LogP contribution in [0.2, 0.25) is 5.15 Å². The topological polar surface area (TPSA) is 67.8 Å². The van der Waals surface area contributed by atoms with E-state index in [9.17, 15) is 9.59 Å². The molecule has 2 rings (SSSR count). The Balaban J connectivity index is 2.41. The van der Waals surface area contributed by atoms with Crippen LogP contribution in [0.4, 0.5) is 0 Å². The van der Waals surface area contributed by atoms with Crippen molar-refractivity contribution in [1.82, 2.24) is 9.13 Å². The molecule has 19 heavy (non-hydrogen) atoms. The third-order valence-corrected chi connectivity index (χ3v) is 3.47. The van der Waals surface area contributed by atoms with Crippen molar-refractivity contribution in [3.8, 4) is 6.07 Å². The molecule has 1 atom stereocenters. The molecular weight excluding hydrogens is 266 g/mol. The maximum atomic E-state index is 12.0. The van der Waals surface area contributed by atoms with Crippen LogP contribution in [-0.2, 0) is 13.6 Å². The van der Waals surface area contributed by atoms with Crippen LogP contribution in [0.1, 0.15) is 6.42 Å². The highest BCUT2D eigenvalue weighted by atomic mass is 35.5. The first-order valence-corrected chi connectivity index (χ1v) is 6.15. The first-order valence-electron chi connectivity index (χ1n) is 5.77. The van der Waals surface area contributed by atoms with E-state index < -0.39 is 11.2 Å². The van der Waals surface area contributed by atoms with Crippen molar-refractivity contribution in [2.45, 2.75) is 13.0 Å². The van der Waals surface area contributed by atoms with Crippen LogP contribution in [0.5, 0.6) is 0 Å². The second-order valence-corrected chi connectivity index (χ2v) is 4.74. The molecule has 6 heteroatoms. The Bertz CT molecular complexity index is 719. The van der Waals surface area contributed by atoms with Crippen molar-refractivity contribution in [2.24, 2.45) is 13.0 Å². The number of nitriles is 1. The lowest BCUT2D eigenvalue weighted by Crippen LogP contribution is -2.39. The van der Waals surface area contributed by atoms with Crippen LogP contribution in [0, 0.1) is 17.2 Å². The standard InChI is InChI=1S/C13H12ClN3O2/c1-16-12(18)6-11(14)17(13(16)19)8-10-5-3-2-4-9(10)7-15/h2-4,6,10H,5,8H2,1H3/t10-/m0/s1. The lowest BCUT2D eigenvalue weighted by Gasteiger charge is -2.19. The van der Waals surface area contributed by atoms with Crippen LogP contribution in [0.3, 0.4) is 0 Å². The van der Waals surface area contributed by atoms with Gasteiger partial charge >= 0.3 is 5.69 Å². The molecule has 1 aromatic rings. The highest BCUT2D eigenvalue weighted by Crippen LogP contribution is 2.22. The number of rotatable bonds is 2. The minimum Gasteiger partial charge on any atom is -0.283 e. The van der Waals surface area contributed by atoms with E-state index in [1.165, 1.54) is 17.7 Å². The highest BCUT2D eigenvalue weighted by Gasteiger charge is 2.18. The van der Waals surface area contributed by atoms with Gasteiger partial charge in [0, 0.05) is 31.1 Å². The summed E-state index contributed by atoms with van der Waals surface area (Å²) in [4.78, 5) is 23.4. The summed E-state index contributed by atoms with van der Waals surface area (Å²) in [5, 5.41) is 9.15. The van der Waals surface area contributed by atoms with E-state index in [1.54, 1.807) is 6.08 Å². The van der Waals surface area contributed by atoms with Gasteiger partial charge in [0.2, 0.25) is 0 Å². The van der Waals surface area contributed by atoms with E-state index in [2.05, 4.69) is 6.07 Å². The van der Waals surface area contributed by atoms with Gasteiger partial charge in [-0.05, 0) is 12.5 Å². The molecule has 0 saturated heterocycles. The fraction of sp³-hybridized carbons (Fsp3) is 0.308. The molecule has 0 N–H and O–H groups in total. The van der Waals surface area contributed by atoms with Crippen LogP contribution in [0.25, 0.3) is 0 Å². The van der Waals surface area contributed by atoms with Gasteiger partial charge in [-0.3, -0.25) is 13.9 Å². The van der Waals surface area contributed by atoms with Crippen LogP contribution < -0.4 is 11.2 Å². The van der Waals surface area contributed by atoms with Crippen molar-refractivity contribution in [3.63, 3.8) is 0 Å². The fourth-order valence-electron chi connectivity index (χ4n) is 2.01. The van der Waals surface area contributed by atoms with E-state index in [1.807, 2.05) is 12.2 Å². The van der Waals surface area contributed by atoms with Gasteiger partial charge in [0.25, 0.3) is 5.56 Å². The first kappa shape index (κ1) is 13.4. The maximum absolute atomic E-state index is 12.0. The van der Waals surface area contributed by atoms with Crippen LogP contribution in [-0.4, -0.2) is 9.13 Å². The largest absolute Gasteiger partial charge is 0.331 e. The molecule has 0 spiro atoms. The number of hydrogen-bond donors (Lipinski definition) is 0. The summed E-state index contributed by atoms with van der Waals surface area (Å²) in [7, 11) is 1.40. The lowest BCUT2D eigenvalue weighted by atomic mass is 9.92. The van der Waals surface area contributed by atoms with Crippen molar-refractivity contribution in [3.05, 3.63) is 55.9 Å². The Kier molecular flexibility index (Phi) is 3.72. The zero-order chi connectivity index (χ0) is 14.0. The molecule has 0 amide bonds. The second kappa shape index (κ2) is 5.29. The zero-order valence-corrected chi connectivity index (χ0v) is 11.1. The molecule has 0 aliphatic heterocycles. The summed E-state index contributed by atoms with van der Waals surface area (Å²) >= 11 is 5.95. The van der Waals surface area contributed by atoms with Crippen molar-refractivity contribution >= 4 is 11.6 Å². The third-order valence-electron chi connectivity index (χ3n) is 3.15. The Hall–Kier alpha value is -2.06. The van der Waals surface area contributed by atoms with Crippen molar-refractivity contribution in [1.29, 1.82) is 5.26 Å². The SMILES string of the molecule is Cn1c(=O)cc(Cl)n(C[C@@H]2CC=CC=C2C#N)c1=O. The van der Waals surface area contributed by atoms with E-state index in [0.717, 1.165) is 4.57 Å². The number of halogens is 1. The normalized spacial score (nSPS) is 17.9. The Morgan fingerprint density at radius 3 is 2.95 bits per heavy atom. The average Bonchev–Trinajstić information content (AvgIpc) is 2.41. The summed E-state index contributed by atoms with van der Waals surface area (Å²) < 4.78 is 2.32. The fourth-order valence-corrected chi connectivity index (χ4v) is 2.24. The van der Waals surface area contributed by atoms with Gasteiger partial charge < -0.3 is 0 Å². The molecule has 1 aromatic heterocycles. The van der Waals surface area contributed by atoms with Crippen LogP contribution >= 0.6 is 11.6 Å². The number of nitrogens with zero attached hydrogens (tertiary/aromatic N) is 3. The van der Waals surface area contributed by atoms with Gasteiger partial charge in [0.05, 0.1) is 6.07 Å². The Labute approximate surface area is 114 Å². The summed E-state index contributed by atoms with van der Waals surface area (Å²) in [6.45, 7) is 0.287. The smallest absolute Gasteiger partial charge is 0.283 e. The van der Waals surface area contributed by atoms with E-state index in [4.69, 9.17) is 16.9 Å². The second-order valence-electron chi connectivity index (χ2n) is 4.35. The van der Waals surface area contributed by atoms with Gasteiger partial charge in [0.1, 0.15) is 5.15 Å². The molecule has 0 fully saturated rings. The Morgan fingerprint density at radius 2 is 2.26 bits per heavy atom. The predicted octanol–water partition coefficient (Wildman–Crippen LogP) is 1.23. The average molecular weight is 278 g/mol. The van der Waals surface area contributed by atoms with Crippen molar-refractivity contribution in [2.75, 3.05) is 0 Å². The molecule has 0 radical (unpaired) electrons. The molecule has 0 aromatic carbocycles. The predicted molar refractivity (Wildman–Crippen MR) is 71.9 cm³/mol. The van der Waals surface area contributed by atoms with Gasteiger partial charge in [-0.25, -0.2) is 4.79 Å². The highest BCUT2D eigenvalue weighted by molar-refractivity contribution is 6.29. The molecule has 0 saturated carbocycles. The van der Waals surface area contributed by atoms with E-state index in [-0.39, 0.29) is 17.6 Å². The Morgan fingerprint density at radius 1 is 1.53 bits per heavy atom. The summed E-state index contributed by atoms with van der Waals surface area (Å²) in [6.07, 6.45) is 6.16. The zero-order valence-electron chi connectivity index (χ0n) is 10.3. The maximum Gasteiger partial charge on any atom is 0.331 e. The third kappa shape index (κ3) is 2.54. The number of hydrogen-bond acceptors (Lipinski definition) is 3. The number of aromatic nitrogens is 2. The van der Waals surface area contributed by atoms with Gasteiger partial charge in [-0.2, -0.15) is 5.26 Å². The quantitative estimate of drug-likeness (QED) is 0.764.